The van der Waals surface area contributed by atoms with Gasteiger partial charge in [-0.25, -0.2) is 0 Å². The minimum absolute atomic E-state index is 0.00827. The molecule has 40 heavy (non-hydrogen) atoms. The van der Waals surface area contributed by atoms with Crippen LogP contribution in [0.1, 0.15) is 24.0 Å². The number of aryl methyl sites for hydroxylation is 1. The van der Waals surface area contributed by atoms with Crippen molar-refractivity contribution in [2.24, 2.45) is 5.41 Å². The second kappa shape index (κ2) is 10.5. The van der Waals surface area contributed by atoms with E-state index in [1.165, 1.54) is 6.08 Å². The van der Waals surface area contributed by atoms with Gasteiger partial charge in [0.1, 0.15) is 18.2 Å². The molecule has 0 bridgehead atoms. The van der Waals surface area contributed by atoms with Crippen molar-refractivity contribution in [3.8, 4) is 23.3 Å². The molecule has 1 N–H and O–H groups in total. The van der Waals surface area contributed by atoms with Gasteiger partial charge in [-0.3, -0.25) is 14.8 Å². The van der Waals surface area contributed by atoms with E-state index >= 15 is 0 Å². The van der Waals surface area contributed by atoms with Crippen LogP contribution in [0, 0.1) is 23.7 Å². The molecule has 3 saturated heterocycles. The number of H-pyrrole nitrogens is 1. The van der Waals surface area contributed by atoms with E-state index in [4.69, 9.17) is 19.4 Å². The molecule has 11 nitrogen and oxygen atoms in total. The van der Waals surface area contributed by atoms with E-state index in [9.17, 15) is 10.1 Å². The number of rotatable bonds is 8. The first-order valence-electron chi connectivity index (χ1n) is 13.7. The average Bonchev–Trinajstić information content (AvgIpc) is 3.71. The Morgan fingerprint density at radius 3 is 2.90 bits per heavy atom. The zero-order valence-electron chi connectivity index (χ0n) is 23.0. The molecule has 1 amide bonds. The SMILES string of the molecule is C=CC(=O)N1CC2(CCN(c3nc(OCCN4CCC(OC)C4)nc(-c4c(C)ccc5[nH]ncc45)c3C#N)C2)C1. The van der Waals surface area contributed by atoms with Gasteiger partial charge in [0.2, 0.25) is 5.91 Å². The van der Waals surface area contributed by atoms with E-state index < -0.39 is 0 Å². The lowest BCUT2D eigenvalue weighted by Gasteiger charge is -2.47. The molecule has 2 aromatic heterocycles. The topological polar surface area (TPSA) is 124 Å². The van der Waals surface area contributed by atoms with Gasteiger partial charge in [0.25, 0.3) is 0 Å². The van der Waals surface area contributed by atoms with Gasteiger partial charge in [-0.15, -0.1) is 0 Å². The van der Waals surface area contributed by atoms with Crippen LogP contribution < -0.4 is 9.64 Å². The van der Waals surface area contributed by atoms with Crippen LogP contribution in [0.2, 0.25) is 0 Å². The van der Waals surface area contributed by atoms with Crippen molar-refractivity contribution in [1.29, 1.82) is 5.26 Å². The molecule has 11 heteroatoms. The quantitative estimate of drug-likeness (QED) is 0.428. The maximum absolute atomic E-state index is 12.1. The predicted molar refractivity (Wildman–Crippen MR) is 150 cm³/mol. The number of nitrogens with one attached hydrogen (secondary N) is 1. The maximum Gasteiger partial charge on any atom is 0.319 e. The highest BCUT2D eigenvalue weighted by Gasteiger charge is 2.49. The van der Waals surface area contributed by atoms with Crippen molar-refractivity contribution in [3.63, 3.8) is 0 Å². The zero-order chi connectivity index (χ0) is 27.9. The van der Waals surface area contributed by atoms with Gasteiger partial charge in [-0.05, 0) is 37.5 Å². The molecular formula is C29H34N8O3. The summed E-state index contributed by atoms with van der Waals surface area (Å²) in [7, 11) is 1.75. The number of aromatic nitrogens is 4. The fourth-order valence-electron chi connectivity index (χ4n) is 6.33. The van der Waals surface area contributed by atoms with Crippen LogP contribution in [0.15, 0.2) is 31.0 Å². The molecule has 5 heterocycles. The lowest BCUT2D eigenvalue weighted by Crippen LogP contribution is -2.59. The number of carbonyl (C=O) groups excluding carboxylic acids is 1. The summed E-state index contributed by atoms with van der Waals surface area (Å²) in [6.45, 7) is 11.5. The number of hydrogen-bond acceptors (Lipinski definition) is 9. The summed E-state index contributed by atoms with van der Waals surface area (Å²) in [4.78, 5) is 28.0. The standard InChI is InChI=1S/C29H34N8O3/c1-4-24(38)37-17-29(18-37)8-10-36(16-29)27-21(13-30)26(25-19(2)5-6-23-22(25)14-31-34-23)32-28(33-27)40-12-11-35-9-7-20(15-35)39-3/h4-6,14,20H,1,7-12,15-18H2,2-3H3,(H,31,34). The second-order valence-corrected chi connectivity index (χ2v) is 11.1. The van der Waals surface area contributed by atoms with Gasteiger partial charge in [-0.1, -0.05) is 12.6 Å². The number of hydrogen-bond donors (Lipinski definition) is 1. The summed E-state index contributed by atoms with van der Waals surface area (Å²) in [5, 5.41) is 18.6. The third kappa shape index (κ3) is 4.67. The molecule has 3 fully saturated rings. The minimum Gasteiger partial charge on any atom is -0.462 e. The molecule has 3 aliphatic rings. The smallest absolute Gasteiger partial charge is 0.319 e. The van der Waals surface area contributed by atoms with Crippen LogP contribution in [0.25, 0.3) is 22.2 Å². The number of aromatic amines is 1. The number of likely N-dealkylation sites (tertiary alicyclic amines) is 2. The Morgan fingerprint density at radius 1 is 1.30 bits per heavy atom. The minimum atomic E-state index is -0.0414. The number of ether oxygens (including phenoxy) is 2. The highest BCUT2D eigenvalue weighted by Crippen LogP contribution is 2.43. The van der Waals surface area contributed by atoms with Crippen molar-refractivity contribution >= 4 is 22.6 Å². The van der Waals surface area contributed by atoms with Crippen molar-refractivity contribution in [1.82, 2.24) is 30.0 Å². The molecule has 3 aliphatic heterocycles. The number of fused-ring (bicyclic) bond motifs is 1. The fraction of sp³-hybridized carbons (Fsp3) is 0.483. The molecule has 208 valence electrons. The Labute approximate surface area is 233 Å². The molecule has 6 rings (SSSR count). The van der Waals surface area contributed by atoms with Gasteiger partial charge >= 0.3 is 6.01 Å². The predicted octanol–water partition coefficient (Wildman–Crippen LogP) is 2.52. The third-order valence-corrected chi connectivity index (χ3v) is 8.53. The molecule has 1 unspecified atom stereocenters. The number of anilines is 1. The zero-order valence-corrected chi connectivity index (χ0v) is 23.0. The summed E-state index contributed by atoms with van der Waals surface area (Å²) in [6.07, 6.45) is 5.32. The summed E-state index contributed by atoms with van der Waals surface area (Å²) in [5.41, 5.74) is 3.66. The molecule has 1 atom stereocenters. The molecule has 0 saturated carbocycles. The van der Waals surface area contributed by atoms with E-state index in [0.29, 0.717) is 43.3 Å². The first kappa shape index (κ1) is 26.2. The van der Waals surface area contributed by atoms with Crippen molar-refractivity contribution in [2.45, 2.75) is 25.9 Å². The number of benzene rings is 1. The van der Waals surface area contributed by atoms with Gasteiger partial charge in [-0.2, -0.15) is 20.3 Å². The van der Waals surface area contributed by atoms with E-state index in [1.807, 2.05) is 24.0 Å². The van der Waals surface area contributed by atoms with Crippen molar-refractivity contribution < 1.29 is 14.3 Å². The first-order chi connectivity index (χ1) is 19.4. The Kier molecular flexibility index (Phi) is 6.90. The van der Waals surface area contributed by atoms with Crippen LogP contribution >= 0.6 is 0 Å². The van der Waals surface area contributed by atoms with Crippen LogP contribution in [-0.2, 0) is 9.53 Å². The number of amides is 1. The molecule has 0 radical (unpaired) electrons. The van der Waals surface area contributed by atoms with Crippen LogP contribution in [0.5, 0.6) is 6.01 Å². The Morgan fingerprint density at radius 2 is 2.15 bits per heavy atom. The summed E-state index contributed by atoms with van der Waals surface area (Å²) in [5.74, 6) is 0.536. The molecular weight excluding hydrogens is 508 g/mol. The Bertz CT molecular complexity index is 1490. The lowest BCUT2D eigenvalue weighted by atomic mass is 9.79. The highest BCUT2D eigenvalue weighted by atomic mass is 16.5. The van der Waals surface area contributed by atoms with Gasteiger partial charge < -0.3 is 19.3 Å². The second-order valence-electron chi connectivity index (χ2n) is 11.1. The monoisotopic (exact) mass is 542 g/mol. The largest absolute Gasteiger partial charge is 0.462 e. The molecule has 0 aliphatic carbocycles. The van der Waals surface area contributed by atoms with E-state index in [1.54, 1.807) is 13.3 Å². The van der Waals surface area contributed by atoms with E-state index in [-0.39, 0.29) is 23.4 Å². The molecule has 3 aromatic rings. The van der Waals surface area contributed by atoms with Crippen LogP contribution in [0.3, 0.4) is 0 Å². The van der Waals surface area contributed by atoms with Crippen molar-refractivity contribution in [3.05, 3.63) is 42.1 Å². The lowest BCUT2D eigenvalue weighted by molar-refractivity contribution is -0.136. The number of nitriles is 1. The van der Waals surface area contributed by atoms with Crippen molar-refractivity contribution in [2.75, 3.05) is 64.4 Å². The van der Waals surface area contributed by atoms with Crippen LogP contribution in [0.4, 0.5) is 5.82 Å². The fourth-order valence-corrected chi connectivity index (χ4v) is 6.33. The maximum atomic E-state index is 12.1. The van der Waals surface area contributed by atoms with Crippen LogP contribution in [-0.4, -0.2) is 102 Å². The van der Waals surface area contributed by atoms with Gasteiger partial charge in [0, 0.05) is 69.3 Å². The first-order valence-corrected chi connectivity index (χ1v) is 13.7. The number of methoxy groups -OCH3 is 1. The Hall–Kier alpha value is -4.01. The molecule has 1 spiro atoms. The number of nitrogens with zero attached hydrogens (tertiary/aromatic N) is 7. The van der Waals surface area contributed by atoms with Gasteiger partial charge in [0.05, 0.1) is 23.5 Å². The van der Waals surface area contributed by atoms with Gasteiger partial charge in [0.15, 0.2) is 5.82 Å². The van der Waals surface area contributed by atoms with E-state index in [2.05, 4.69) is 32.6 Å². The molecule has 1 aromatic carbocycles. The highest BCUT2D eigenvalue weighted by molar-refractivity contribution is 5.97. The van der Waals surface area contributed by atoms with E-state index in [0.717, 1.165) is 61.1 Å². The average molecular weight is 543 g/mol. The summed E-state index contributed by atoms with van der Waals surface area (Å²) >= 11 is 0. The summed E-state index contributed by atoms with van der Waals surface area (Å²) < 4.78 is 11.6. The normalized spacial score (nSPS) is 20.2. The third-order valence-electron chi connectivity index (χ3n) is 8.53. The Balaban J connectivity index is 1.33. The summed E-state index contributed by atoms with van der Waals surface area (Å²) in [6, 6.07) is 6.65. The number of carbonyl (C=O) groups is 1.